The van der Waals surface area contributed by atoms with E-state index in [9.17, 15) is 0 Å². The molecule has 1 aliphatic rings. The zero-order valence-corrected chi connectivity index (χ0v) is 14.6. The van der Waals surface area contributed by atoms with Crippen LogP contribution in [0.2, 0.25) is 0 Å². The van der Waals surface area contributed by atoms with Gasteiger partial charge in [-0.25, -0.2) is 0 Å². The lowest BCUT2D eigenvalue weighted by Crippen LogP contribution is -2.86. The molecule has 3 heteroatoms. The van der Waals surface area contributed by atoms with Crippen LogP contribution >= 0.6 is 0 Å². The maximum absolute atomic E-state index is 5.99. The summed E-state index contributed by atoms with van der Waals surface area (Å²) >= 11 is 0. The van der Waals surface area contributed by atoms with Crippen molar-refractivity contribution in [2.24, 2.45) is 0 Å². The second-order valence-electron chi connectivity index (χ2n) is 6.69. The Labute approximate surface area is 145 Å². The minimum Gasteiger partial charge on any atom is -0.493 e. The summed E-state index contributed by atoms with van der Waals surface area (Å²) in [4.78, 5) is 0. The fraction of sp³-hybridized carbons (Fsp3) is 0.524. The molecule has 130 valence electrons. The Balaban J connectivity index is 1.24. The summed E-state index contributed by atoms with van der Waals surface area (Å²) in [6, 6.07) is 14.7. The van der Waals surface area contributed by atoms with E-state index in [0.29, 0.717) is 6.10 Å². The van der Waals surface area contributed by atoms with Crippen LogP contribution in [-0.2, 0) is 4.74 Å². The molecule has 3 rings (SSSR count). The molecular formula is C21H30NO2+. The SMILES string of the molecule is c1ccc2c(OCCCCCC[NH2+]C[C@H]3CCCO3)cccc2c1. The van der Waals surface area contributed by atoms with Crippen molar-refractivity contribution in [2.45, 2.75) is 44.6 Å². The molecule has 0 amide bonds. The highest BCUT2D eigenvalue weighted by Gasteiger charge is 2.16. The Morgan fingerprint density at radius 2 is 1.88 bits per heavy atom. The molecule has 2 aromatic carbocycles. The van der Waals surface area contributed by atoms with Crippen molar-refractivity contribution in [3.63, 3.8) is 0 Å². The average molecular weight is 328 g/mol. The molecular weight excluding hydrogens is 298 g/mol. The Hall–Kier alpha value is -1.58. The lowest BCUT2D eigenvalue weighted by atomic mass is 10.1. The normalized spacial score (nSPS) is 17.4. The maximum atomic E-state index is 5.99. The van der Waals surface area contributed by atoms with Gasteiger partial charge in [0.2, 0.25) is 0 Å². The van der Waals surface area contributed by atoms with Gasteiger partial charge in [0, 0.05) is 12.0 Å². The first-order chi connectivity index (χ1) is 11.9. The molecule has 1 aliphatic heterocycles. The largest absolute Gasteiger partial charge is 0.493 e. The molecule has 0 aliphatic carbocycles. The van der Waals surface area contributed by atoms with Crippen LogP contribution in [0.4, 0.5) is 0 Å². The second-order valence-corrected chi connectivity index (χ2v) is 6.69. The molecule has 0 bridgehead atoms. The third-order valence-electron chi connectivity index (χ3n) is 4.76. The summed E-state index contributed by atoms with van der Waals surface area (Å²) in [5.41, 5.74) is 0. The van der Waals surface area contributed by atoms with Gasteiger partial charge in [-0.05, 0) is 50.0 Å². The molecule has 0 radical (unpaired) electrons. The lowest BCUT2D eigenvalue weighted by molar-refractivity contribution is -0.661. The van der Waals surface area contributed by atoms with Crippen LogP contribution in [0.15, 0.2) is 42.5 Å². The molecule has 0 spiro atoms. The first-order valence-electron chi connectivity index (χ1n) is 9.47. The Morgan fingerprint density at radius 1 is 1.00 bits per heavy atom. The number of benzene rings is 2. The molecule has 2 aromatic rings. The van der Waals surface area contributed by atoms with Gasteiger partial charge < -0.3 is 14.8 Å². The summed E-state index contributed by atoms with van der Waals surface area (Å²) in [6.07, 6.45) is 7.98. The smallest absolute Gasteiger partial charge is 0.127 e. The monoisotopic (exact) mass is 328 g/mol. The van der Waals surface area contributed by atoms with Crippen molar-refractivity contribution in [3.05, 3.63) is 42.5 Å². The molecule has 1 atom stereocenters. The van der Waals surface area contributed by atoms with Gasteiger partial charge in [-0.15, -0.1) is 0 Å². The van der Waals surface area contributed by atoms with Crippen molar-refractivity contribution in [1.29, 1.82) is 0 Å². The third kappa shape index (κ3) is 5.22. The van der Waals surface area contributed by atoms with E-state index in [1.54, 1.807) is 0 Å². The van der Waals surface area contributed by atoms with Crippen LogP contribution in [0, 0.1) is 0 Å². The molecule has 0 unspecified atom stereocenters. The van der Waals surface area contributed by atoms with Crippen molar-refractivity contribution in [1.82, 2.24) is 0 Å². The van der Waals surface area contributed by atoms with E-state index in [4.69, 9.17) is 9.47 Å². The van der Waals surface area contributed by atoms with Gasteiger partial charge in [-0.3, -0.25) is 0 Å². The van der Waals surface area contributed by atoms with Gasteiger partial charge in [0.1, 0.15) is 18.4 Å². The first kappa shape index (κ1) is 17.2. The van der Waals surface area contributed by atoms with Crippen molar-refractivity contribution in [2.75, 3.05) is 26.3 Å². The number of unbranched alkanes of at least 4 members (excludes halogenated alkanes) is 3. The molecule has 24 heavy (non-hydrogen) atoms. The van der Waals surface area contributed by atoms with E-state index >= 15 is 0 Å². The number of rotatable bonds is 10. The van der Waals surface area contributed by atoms with E-state index in [1.807, 2.05) is 0 Å². The van der Waals surface area contributed by atoms with Gasteiger partial charge in [0.05, 0.1) is 13.2 Å². The molecule has 1 saturated heterocycles. The fourth-order valence-corrected chi connectivity index (χ4v) is 3.38. The second kappa shape index (κ2) is 9.65. The van der Waals surface area contributed by atoms with Crippen LogP contribution in [-0.4, -0.2) is 32.4 Å². The Bertz CT molecular complexity index is 602. The highest BCUT2D eigenvalue weighted by atomic mass is 16.5. The summed E-state index contributed by atoms with van der Waals surface area (Å²) in [7, 11) is 0. The summed E-state index contributed by atoms with van der Waals surface area (Å²) in [6.45, 7) is 4.15. The standard InChI is InChI=1S/C21H29NO2/c1(5-14-22-17-19-11-8-16-23-19)2-6-15-24-21-13-7-10-18-9-3-4-12-20(18)21/h3-4,7,9-10,12-13,19,22H,1-2,5-6,8,11,14-17H2/p+1/t19-/m1/s1. The zero-order valence-electron chi connectivity index (χ0n) is 14.6. The first-order valence-corrected chi connectivity index (χ1v) is 9.47. The van der Waals surface area contributed by atoms with Gasteiger partial charge in [0.15, 0.2) is 0 Å². The van der Waals surface area contributed by atoms with Gasteiger partial charge in [0.25, 0.3) is 0 Å². The van der Waals surface area contributed by atoms with Gasteiger partial charge >= 0.3 is 0 Å². The summed E-state index contributed by atoms with van der Waals surface area (Å²) < 4.78 is 11.6. The van der Waals surface area contributed by atoms with Crippen LogP contribution in [0.5, 0.6) is 5.75 Å². The number of hydrogen-bond donors (Lipinski definition) is 1. The predicted molar refractivity (Wildman–Crippen MR) is 98.5 cm³/mol. The topological polar surface area (TPSA) is 35.1 Å². The van der Waals surface area contributed by atoms with E-state index < -0.39 is 0 Å². The molecule has 1 fully saturated rings. The highest BCUT2D eigenvalue weighted by Crippen LogP contribution is 2.25. The van der Waals surface area contributed by atoms with Crippen LogP contribution in [0.1, 0.15) is 38.5 Å². The molecule has 1 heterocycles. The summed E-state index contributed by atoms with van der Waals surface area (Å²) in [5.74, 6) is 1.01. The van der Waals surface area contributed by atoms with Gasteiger partial charge in [-0.2, -0.15) is 0 Å². The fourth-order valence-electron chi connectivity index (χ4n) is 3.38. The number of quaternary nitrogens is 1. The van der Waals surface area contributed by atoms with Crippen molar-refractivity contribution >= 4 is 10.8 Å². The zero-order chi connectivity index (χ0) is 16.5. The Morgan fingerprint density at radius 3 is 2.79 bits per heavy atom. The molecule has 0 saturated carbocycles. The average Bonchev–Trinajstić information content (AvgIpc) is 3.14. The van der Waals surface area contributed by atoms with Crippen molar-refractivity contribution in [3.8, 4) is 5.75 Å². The minimum absolute atomic E-state index is 0.513. The Kier molecular flexibility index (Phi) is 6.94. The van der Waals surface area contributed by atoms with Crippen molar-refractivity contribution < 1.29 is 14.8 Å². The van der Waals surface area contributed by atoms with E-state index in [-0.39, 0.29) is 0 Å². The number of hydrogen-bond acceptors (Lipinski definition) is 2. The number of fused-ring (bicyclic) bond motifs is 1. The number of nitrogens with two attached hydrogens (primary N) is 1. The highest BCUT2D eigenvalue weighted by molar-refractivity contribution is 5.88. The van der Waals surface area contributed by atoms with Gasteiger partial charge in [-0.1, -0.05) is 36.4 Å². The third-order valence-corrected chi connectivity index (χ3v) is 4.76. The van der Waals surface area contributed by atoms with Crippen LogP contribution in [0.3, 0.4) is 0 Å². The summed E-state index contributed by atoms with van der Waals surface area (Å²) in [5, 5.41) is 4.88. The van der Waals surface area contributed by atoms with E-state index in [0.717, 1.165) is 31.9 Å². The predicted octanol–water partition coefficient (Wildman–Crippen LogP) is 3.52. The molecule has 0 aromatic heterocycles. The number of ether oxygens (including phenoxy) is 2. The van der Waals surface area contributed by atoms with Crippen LogP contribution < -0.4 is 10.1 Å². The molecule has 2 N–H and O–H groups in total. The quantitative estimate of drug-likeness (QED) is 0.677. The maximum Gasteiger partial charge on any atom is 0.127 e. The lowest BCUT2D eigenvalue weighted by Gasteiger charge is -2.09. The van der Waals surface area contributed by atoms with E-state index in [2.05, 4.69) is 47.8 Å². The van der Waals surface area contributed by atoms with Crippen LogP contribution in [0.25, 0.3) is 10.8 Å². The van der Waals surface area contributed by atoms with E-state index in [1.165, 1.54) is 49.4 Å². The minimum atomic E-state index is 0.513. The molecule has 3 nitrogen and oxygen atoms in total.